The van der Waals surface area contributed by atoms with Crippen LogP contribution in [-0.2, 0) is 0 Å². The summed E-state index contributed by atoms with van der Waals surface area (Å²) >= 11 is 0. The lowest BCUT2D eigenvalue weighted by Gasteiger charge is -2.11. The van der Waals surface area contributed by atoms with E-state index in [1.807, 2.05) is 13.8 Å². The highest BCUT2D eigenvalue weighted by Crippen LogP contribution is 2.26. The molecule has 0 aliphatic carbocycles. The van der Waals surface area contributed by atoms with Crippen molar-refractivity contribution < 1.29 is 17.6 Å². The Bertz CT molecular complexity index is 598. The number of halogens is 4. The summed E-state index contributed by atoms with van der Waals surface area (Å²) in [4.78, 5) is 2.49. The van der Waals surface area contributed by atoms with Gasteiger partial charge in [-0.3, -0.25) is 0 Å². The molecule has 2 nitrogen and oxygen atoms in total. The van der Waals surface area contributed by atoms with Crippen LogP contribution in [0.15, 0.2) is 24.3 Å². The second-order valence-electron chi connectivity index (χ2n) is 4.60. The van der Waals surface area contributed by atoms with Crippen molar-refractivity contribution >= 4 is 11.4 Å². The maximum atomic E-state index is 13.4. The van der Waals surface area contributed by atoms with Gasteiger partial charge >= 0.3 is 0 Å². The van der Waals surface area contributed by atoms with Gasteiger partial charge < -0.3 is 5.32 Å². The van der Waals surface area contributed by atoms with Crippen LogP contribution < -0.4 is 5.32 Å². The molecule has 0 bridgehead atoms. The molecule has 0 unspecified atom stereocenters. The Balaban J connectivity index is 2.35. The molecule has 1 heterocycles. The van der Waals surface area contributed by atoms with Gasteiger partial charge in [0.05, 0.1) is 0 Å². The SMILES string of the molecule is CC(C)c1ccc(Nc2c(F)c(F)nc(F)c2F)cc1. The number of aromatic nitrogens is 1. The molecule has 1 aromatic heterocycles. The van der Waals surface area contributed by atoms with Crippen molar-refractivity contribution in [2.24, 2.45) is 0 Å². The first-order chi connectivity index (χ1) is 9.40. The minimum atomic E-state index is -1.69. The van der Waals surface area contributed by atoms with Crippen molar-refractivity contribution in [2.45, 2.75) is 19.8 Å². The molecule has 1 N–H and O–H groups in total. The number of hydrogen-bond acceptors (Lipinski definition) is 2. The number of nitrogens with zero attached hydrogens (tertiary/aromatic N) is 1. The highest BCUT2D eigenvalue weighted by molar-refractivity contribution is 5.60. The van der Waals surface area contributed by atoms with Gasteiger partial charge in [-0.1, -0.05) is 26.0 Å². The first kappa shape index (κ1) is 14.3. The highest BCUT2D eigenvalue weighted by atomic mass is 19.2. The van der Waals surface area contributed by atoms with Crippen LogP contribution >= 0.6 is 0 Å². The third-order valence-electron chi connectivity index (χ3n) is 2.84. The lowest BCUT2D eigenvalue weighted by molar-refractivity contribution is 0.411. The molecular weight excluding hydrogens is 272 g/mol. The fraction of sp³-hybridized carbons (Fsp3) is 0.214. The molecule has 20 heavy (non-hydrogen) atoms. The van der Waals surface area contributed by atoms with Crippen LogP contribution in [0.5, 0.6) is 0 Å². The van der Waals surface area contributed by atoms with Gasteiger partial charge in [0.25, 0.3) is 11.9 Å². The Morgan fingerprint density at radius 1 is 0.900 bits per heavy atom. The van der Waals surface area contributed by atoms with E-state index in [-0.39, 0.29) is 0 Å². The summed E-state index contributed by atoms with van der Waals surface area (Å²) in [5, 5.41) is 2.32. The molecule has 0 saturated carbocycles. The van der Waals surface area contributed by atoms with E-state index in [9.17, 15) is 17.6 Å². The number of hydrogen-bond donors (Lipinski definition) is 1. The first-order valence-electron chi connectivity index (χ1n) is 5.97. The molecule has 106 valence electrons. The molecule has 0 radical (unpaired) electrons. The van der Waals surface area contributed by atoms with E-state index in [2.05, 4.69) is 10.3 Å². The number of rotatable bonds is 3. The van der Waals surface area contributed by atoms with Gasteiger partial charge in [-0.15, -0.1) is 0 Å². The van der Waals surface area contributed by atoms with Crippen molar-refractivity contribution in [3.63, 3.8) is 0 Å². The van der Waals surface area contributed by atoms with Gasteiger partial charge in [-0.25, -0.2) is 0 Å². The van der Waals surface area contributed by atoms with Crippen LogP contribution in [0.1, 0.15) is 25.3 Å². The van der Waals surface area contributed by atoms with Gasteiger partial charge in [-0.05, 0) is 23.6 Å². The summed E-state index contributed by atoms with van der Waals surface area (Å²) in [5.74, 6) is -6.20. The number of pyridine rings is 1. The topological polar surface area (TPSA) is 24.9 Å². The van der Waals surface area contributed by atoms with Crippen molar-refractivity contribution in [1.29, 1.82) is 0 Å². The van der Waals surface area contributed by atoms with Crippen LogP contribution in [0.4, 0.5) is 28.9 Å². The standard InChI is InChI=1S/C14H12F4N2/c1-7(2)8-3-5-9(6-4-8)19-12-10(15)13(17)20-14(18)11(12)16/h3-7H,1-2H3,(H,19,20). The molecule has 1 aromatic carbocycles. The van der Waals surface area contributed by atoms with E-state index in [4.69, 9.17) is 0 Å². The zero-order valence-corrected chi connectivity index (χ0v) is 10.8. The minimum Gasteiger partial charge on any atom is -0.350 e. The largest absolute Gasteiger partial charge is 0.350 e. The quantitative estimate of drug-likeness (QED) is 0.663. The fourth-order valence-electron chi connectivity index (χ4n) is 1.69. The maximum absolute atomic E-state index is 13.4. The first-order valence-corrected chi connectivity index (χ1v) is 5.97. The molecule has 0 atom stereocenters. The fourth-order valence-corrected chi connectivity index (χ4v) is 1.69. The van der Waals surface area contributed by atoms with Gasteiger partial charge in [0.2, 0.25) is 11.6 Å². The Hall–Kier alpha value is -2.11. The van der Waals surface area contributed by atoms with Crippen LogP contribution in [0, 0.1) is 23.5 Å². The summed E-state index contributed by atoms with van der Waals surface area (Å²) in [5.41, 5.74) is 0.452. The van der Waals surface area contributed by atoms with Crippen LogP contribution in [0.3, 0.4) is 0 Å². The van der Waals surface area contributed by atoms with E-state index in [1.54, 1.807) is 24.3 Å². The van der Waals surface area contributed by atoms with E-state index in [1.165, 1.54) is 0 Å². The Morgan fingerprint density at radius 3 is 1.85 bits per heavy atom. The lowest BCUT2D eigenvalue weighted by Crippen LogP contribution is -2.06. The molecule has 0 fully saturated rings. The average molecular weight is 284 g/mol. The van der Waals surface area contributed by atoms with Crippen molar-refractivity contribution in [1.82, 2.24) is 4.98 Å². The summed E-state index contributed by atoms with van der Waals surface area (Å²) in [7, 11) is 0. The molecule has 0 aliphatic heterocycles. The number of anilines is 2. The molecule has 0 spiro atoms. The van der Waals surface area contributed by atoms with E-state index in [0.29, 0.717) is 11.6 Å². The average Bonchev–Trinajstić information content (AvgIpc) is 2.42. The molecule has 2 rings (SSSR count). The van der Waals surface area contributed by atoms with Gasteiger partial charge in [0, 0.05) is 5.69 Å². The molecule has 6 heteroatoms. The predicted molar refractivity (Wildman–Crippen MR) is 67.9 cm³/mol. The normalized spacial score (nSPS) is 10.9. The van der Waals surface area contributed by atoms with Gasteiger partial charge in [0.1, 0.15) is 5.69 Å². The number of nitrogens with one attached hydrogen (secondary N) is 1. The van der Waals surface area contributed by atoms with Crippen LogP contribution in [0.2, 0.25) is 0 Å². The van der Waals surface area contributed by atoms with Crippen molar-refractivity contribution in [3.8, 4) is 0 Å². The second-order valence-corrected chi connectivity index (χ2v) is 4.60. The summed E-state index contributed by atoms with van der Waals surface area (Å²) in [6.07, 6.45) is 0. The van der Waals surface area contributed by atoms with E-state index < -0.39 is 29.2 Å². The van der Waals surface area contributed by atoms with Gasteiger partial charge in [0.15, 0.2) is 0 Å². The zero-order chi connectivity index (χ0) is 14.9. The third-order valence-corrected chi connectivity index (χ3v) is 2.84. The summed E-state index contributed by atoms with van der Waals surface area (Å²) in [6.45, 7) is 3.99. The van der Waals surface area contributed by atoms with E-state index in [0.717, 1.165) is 5.56 Å². The zero-order valence-electron chi connectivity index (χ0n) is 10.8. The molecule has 0 aliphatic rings. The molecular formula is C14H12F4N2. The maximum Gasteiger partial charge on any atom is 0.253 e. The highest BCUT2D eigenvalue weighted by Gasteiger charge is 2.20. The smallest absolute Gasteiger partial charge is 0.253 e. The van der Waals surface area contributed by atoms with Crippen LogP contribution in [0.25, 0.3) is 0 Å². The second kappa shape index (κ2) is 5.48. The van der Waals surface area contributed by atoms with Crippen molar-refractivity contribution in [2.75, 3.05) is 5.32 Å². The Kier molecular flexibility index (Phi) is 3.92. The minimum absolute atomic E-state index is 0.299. The summed E-state index contributed by atoms with van der Waals surface area (Å²) in [6, 6.07) is 6.67. The van der Waals surface area contributed by atoms with Gasteiger partial charge in [-0.2, -0.15) is 22.5 Å². The van der Waals surface area contributed by atoms with E-state index >= 15 is 0 Å². The summed E-state index contributed by atoms with van der Waals surface area (Å²) < 4.78 is 52.8. The Morgan fingerprint density at radius 2 is 1.40 bits per heavy atom. The third kappa shape index (κ3) is 2.74. The Labute approximate surface area is 113 Å². The lowest BCUT2D eigenvalue weighted by atomic mass is 10.0. The molecule has 0 amide bonds. The number of benzene rings is 1. The van der Waals surface area contributed by atoms with Crippen molar-refractivity contribution in [3.05, 3.63) is 53.4 Å². The molecule has 0 saturated heterocycles. The molecule has 2 aromatic rings. The monoisotopic (exact) mass is 284 g/mol. The predicted octanol–water partition coefficient (Wildman–Crippen LogP) is 4.51. The van der Waals surface area contributed by atoms with Crippen LogP contribution in [-0.4, -0.2) is 4.98 Å².